The third-order valence-corrected chi connectivity index (χ3v) is 1.08. The van der Waals surface area contributed by atoms with E-state index in [1.54, 1.807) is 12.3 Å². The van der Waals surface area contributed by atoms with E-state index in [9.17, 15) is 13.2 Å². The molecule has 0 aromatic rings. The number of alkyl halides is 3. The summed E-state index contributed by atoms with van der Waals surface area (Å²) in [4.78, 5) is 0. The number of nitrogens with one attached hydrogen (secondary N) is 1. The van der Waals surface area contributed by atoms with Crippen molar-refractivity contribution in [3.05, 3.63) is 0 Å². The van der Waals surface area contributed by atoms with Crippen molar-refractivity contribution in [3.63, 3.8) is 0 Å². The largest absolute Gasteiger partial charge is 0.407 e. The van der Waals surface area contributed by atoms with E-state index in [0.717, 1.165) is 0 Å². The lowest BCUT2D eigenvalue weighted by Crippen LogP contribution is -2.49. The lowest BCUT2D eigenvalue weighted by Gasteiger charge is -2.18. The lowest BCUT2D eigenvalue weighted by molar-refractivity contribution is -0.167. The molecule has 0 aliphatic heterocycles. The Balaban J connectivity index is 3.76. The van der Waals surface area contributed by atoms with Crippen molar-refractivity contribution in [1.29, 1.82) is 0 Å². The van der Waals surface area contributed by atoms with Crippen LogP contribution in [0.25, 0.3) is 0 Å². The van der Waals surface area contributed by atoms with Gasteiger partial charge in [0.25, 0.3) is 0 Å². The zero-order valence-electron chi connectivity index (χ0n) is 6.11. The maximum Gasteiger partial charge on any atom is 0.407 e. The first kappa shape index (κ1) is 10.7. The molecule has 68 valence electrons. The Hall–Kier alpha value is -0.330. The first-order valence-corrected chi connectivity index (χ1v) is 3.13. The van der Waals surface area contributed by atoms with Crippen LogP contribution in [0.1, 0.15) is 6.92 Å². The zero-order valence-corrected chi connectivity index (χ0v) is 6.11. The van der Waals surface area contributed by atoms with Gasteiger partial charge in [0, 0.05) is 6.61 Å². The van der Waals surface area contributed by atoms with Crippen LogP contribution < -0.4 is 11.3 Å². The Morgan fingerprint density at radius 3 is 2.36 bits per heavy atom. The minimum absolute atomic E-state index is 0.244. The van der Waals surface area contributed by atoms with Crippen LogP contribution in [-0.2, 0) is 4.74 Å². The van der Waals surface area contributed by atoms with Crippen LogP contribution in [0.5, 0.6) is 0 Å². The van der Waals surface area contributed by atoms with Gasteiger partial charge in [0.15, 0.2) is 0 Å². The average molecular weight is 172 g/mol. The fraction of sp³-hybridized carbons (Fsp3) is 1.00. The SMILES string of the molecule is CCOCC(NN)C(F)(F)F. The van der Waals surface area contributed by atoms with E-state index in [2.05, 4.69) is 10.6 Å². The molecule has 0 fully saturated rings. The Morgan fingerprint density at radius 1 is 1.55 bits per heavy atom. The molecule has 1 unspecified atom stereocenters. The van der Waals surface area contributed by atoms with Crippen molar-refractivity contribution < 1.29 is 17.9 Å². The van der Waals surface area contributed by atoms with Crippen LogP contribution in [0.2, 0.25) is 0 Å². The van der Waals surface area contributed by atoms with Gasteiger partial charge in [-0.05, 0) is 6.92 Å². The van der Waals surface area contributed by atoms with Gasteiger partial charge in [0.05, 0.1) is 6.61 Å². The van der Waals surface area contributed by atoms with Crippen LogP contribution in [0, 0.1) is 0 Å². The summed E-state index contributed by atoms with van der Waals surface area (Å²) < 4.78 is 40.0. The third-order valence-electron chi connectivity index (χ3n) is 1.08. The second kappa shape index (κ2) is 4.53. The van der Waals surface area contributed by atoms with Gasteiger partial charge in [-0.25, -0.2) is 5.43 Å². The molecule has 0 aromatic carbocycles. The number of halogens is 3. The molecule has 0 heterocycles. The van der Waals surface area contributed by atoms with Crippen molar-refractivity contribution in [3.8, 4) is 0 Å². The number of ether oxygens (including phenoxy) is 1. The van der Waals surface area contributed by atoms with E-state index in [1.165, 1.54) is 0 Å². The Morgan fingerprint density at radius 2 is 2.09 bits per heavy atom. The van der Waals surface area contributed by atoms with E-state index in [0.29, 0.717) is 0 Å². The van der Waals surface area contributed by atoms with Crippen LogP contribution in [0.4, 0.5) is 13.2 Å². The normalized spacial score (nSPS) is 15.0. The van der Waals surface area contributed by atoms with Gasteiger partial charge in [0.1, 0.15) is 6.04 Å². The number of nitrogens with two attached hydrogens (primary N) is 1. The summed E-state index contributed by atoms with van der Waals surface area (Å²) in [5, 5.41) is 0. The molecule has 3 N–H and O–H groups in total. The number of hydrazine groups is 1. The molecule has 0 rings (SSSR count). The molecule has 0 bridgehead atoms. The summed E-state index contributed by atoms with van der Waals surface area (Å²) in [5.41, 5.74) is 1.63. The Bertz CT molecular complexity index is 106. The maximum absolute atomic E-state index is 11.8. The number of hydrogen-bond donors (Lipinski definition) is 2. The summed E-state index contributed by atoms with van der Waals surface area (Å²) in [6, 6.07) is -1.78. The predicted molar refractivity (Wildman–Crippen MR) is 33.7 cm³/mol. The molecule has 0 aliphatic rings. The molecule has 0 spiro atoms. The van der Waals surface area contributed by atoms with Crippen molar-refractivity contribution >= 4 is 0 Å². The highest BCUT2D eigenvalue weighted by Crippen LogP contribution is 2.19. The molecule has 0 saturated carbocycles. The maximum atomic E-state index is 11.8. The van der Waals surface area contributed by atoms with Crippen LogP contribution in [0.3, 0.4) is 0 Å². The first-order chi connectivity index (χ1) is 5.02. The van der Waals surface area contributed by atoms with Crippen LogP contribution in [0.15, 0.2) is 0 Å². The molecule has 1 atom stereocenters. The zero-order chi connectivity index (χ0) is 8.91. The van der Waals surface area contributed by atoms with Gasteiger partial charge in [-0.15, -0.1) is 0 Å². The van der Waals surface area contributed by atoms with E-state index < -0.39 is 18.8 Å². The molecule has 0 aromatic heterocycles. The van der Waals surface area contributed by atoms with Crippen molar-refractivity contribution in [1.82, 2.24) is 5.43 Å². The van der Waals surface area contributed by atoms with E-state index in [4.69, 9.17) is 0 Å². The molecular weight excluding hydrogens is 161 g/mol. The minimum Gasteiger partial charge on any atom is -0.380 e. The summed E-state index contributed by atoms with van der Waals surface area (Å²) in [6.07, 6.45) is -4.34. The Labute approximate surface area is 62.7 Å². The van der Waals surface area contributed by atoms with Gasteiger partial charge in [-0.2, -0.15) is 13.2 Å². The third kappa shape index (κ3) is 4.18. The molecule has 0 aliphatic carbocycles. The second-order valence-electron chi connectivity index (χ2n) is 1.92. The molecular formula is C5H11F3N2O. The summed E-state index contributed by atoms with van der Waals surface area (Å²) in [6.45, 7) is 1.41. The van der Waals surface area contributed by atoms with Gasteiger partial charge in [-0.3, -0.25) is 5.84 Å². The van der Waals surface area contributed by atoms with Crippen molar-refractivity contribution in [2.45, 2.75) is 19.1 Å². The quantitative estimate of drug-likeness (QED) is 0.477. The van der Waals surface area contributed by atoms with Gasteiger partial charge in [-0.1, -0.05) is 0 Å². The molecule has 0 radical (unpaired) electrons. The van der Waals surface area contributed by atoms with Gasteiger partial charge < -0.3 is 4.74 Å². The highest BCUT2D eigenvalue weighted by molar-refractivity contribution is 4.71. The highest BCUT2D eigenvalue weighted by atomic mass is 19.4. The highest BCUT2D eigenvalue weighted by Gasteiger charge is 2.38. The fourth-order valence-electron chi connectivity index (χ4n) is 0.473. The fourth-order valence-corrected chi connectivity index (χ4v) is 0.473. The van der Waals surface area contributed by atoms with E-state index >= 15 is 0 Å². The minimum atomic E-state index is -4.34. The monoisotopic (exact) mass is 172 g/mol. The van der Waals surface area contributed by atoms with Crippen molar-refractivity contribution in [2.75, 3.05) is 13.2 Å². The molecule has 0 amide bonds. The number of rotatable bonds is 4. The molecule has 6 heteroatoms. The molecule has 11 heavy (non-hydrogen) atoms. The van der Waals surface area contributed by atoms with Crippen LogP contribution in [-0.4, -0.2) is 25.4 Å². The summed E-state index contributed by atoms with van der Waals surface area (Å²) >= 11 is 0. The van der Waals surface area contributed by atoms with E-state index in [-0.39, 0.29) is 6.61 Å². The second-order valence-corrected chi connectivity index (χ2v) is 1.92. The summed E-state index contributed by atoms with van der Waals surface area (Å²) in [5.74, 6) is 4.65. The predicted octanol–water partition coefficient (Wildman–Crippen LogP) is 0.417. The Kier molecular flexibility index (Phi) is 4.39. The molecule has 3 nitrogen and oxygen atoms in total. The smallest absolute Gasteiger partial charge is 0.380 e. The topological polar surface area (TPSA) is 47.3 Å². The van der Waals surface area contributed by atoms with E-state index in [1.807, 2.05) is 0 Å². The number of hydrogen-bond acceptors (Lipinski definition) is 3. The first-order valence-electron chi connectivity index (χ1n) is 3.13. The summed E-state index contributed by atoms with van der Waals surface area (Å²) in [7, 11) is 0. The standard InChI is InChI=1S/C5H11F3N2O/c1-2-11-3-4(10-9)5(6,7)8/h4,10H,2-3,9H2,1H3. The van der Waals surface area contributed by atoms with Crippen LogP contribution >= 0.6 is 0 Å². The average Bonchev–Trinajstić information content (AvgIpc) is 1.87. The van der Waals surface area contributed by atoms with Crippen molar-refractivity contribution in [2.24, 2.45) is 5.84 Å². The van der Waals surface area contributed by atoms with Gasteiger partial charge in [0.2, 0.25) is 0 Å². The van der Waals surface area contributed by atoms with Gasteiger partial charge >= 0.3 is 6.18 Å². The lowest BCUT2D eigenvalue weighted by atomic mass is 10.3. The molecule has 0 saturated heterocycles.